The van der Waals surface area contributed by atoms with Gasteiger partial charge < -0.3 is 25.6 Å². The molecule has 1 unspecified atom stereocenters. The van der Waals surface area contributed by atoms with E-state index < -0.39 is 12.1 Å². The lowest BCUT2D eigenvalue weighted by molar-refractivity contribution is 0.0694. The Bertz CT molecular complexity index is 425. The Hall–Kier alpha value is -1.86. The van der Waals surface area contributed by atoms with E-state index in [1.807, 2.05) is 0 Å². The molecular weight excluding hydrogens is 238 g/mol. The molecule has 0 bridgehead atoms. The third-order valence-corrected chi connectivity index (χ3v) is 2.40. The molecule has 0 spiro atoms. The zero-order chi connectivity index (χ0) is 13.7. The highest BCUT2D eigenvalue weighted by Gasteiger charge is 2.17. The second-order valence-electron chi connectivity index (χ2n) is 3.89. The quantitative estimate of drug-likeness (QED) is 0.646. The van der Waals surface area contributed by atoms with E-state index in [2.05, 4.69) is 4.98 Å². The van der Waals surface area contributed by atoms with Gasteiger partial charge in [0.2, 0.25) is 0 Å². The standard InChI is InChI=1S/C11H17N3O4/c1-14(5-7(15)6-18-2)10-9(12)8(11(16)17)3-4-13-10/h3-4,7,15H,5-6,12H2,1-2H3,(H,16,17). The van der Waals surface area contributed by atoms with E-state index in [9.17, 15) is 9.90 Å². The fraction of sp³-hybridized carbons (Fsp3) is 0.455. The molecule has 7 nitrogen and oxygen atoms in total. The Labute approximate surface area is 105 Å². The van der Waals surface area contributed by atoms with Gasteiger partial charge in [-0.3, -0.25) is 0 Å². The first-order valence-corrected chi connectivity index (χ1v) is 5.33. The lowest BCUT2D eigenvalue weighted by Crippen LogP contribution is -2.33. The molecule has 1 atom stereocenters. The first kappa shape index (κ1) is 14.2. The number of carboxylic acid groups (broad SMARTS) is 1. The zero-order valence-corrected chi connectivity index (χ0v) is 10.3. The second kappa shape index (κ2) is 6.18. The summed E-state index contributed by atoms with van der Waals surface area (Å²) in [6.45, 7) is 0.428. The number of nitrogens with zero attached hydrogens (tertiary/aromatic N) is 2. The van der Waals surface area contributed by atoms with Crippen LogP contribution in [0, 0.1) is 0 Å². The minimum atomic E-state index is -1.11. The number of pyridine rings is 1. The molecule has 0 saturated carbocycles. The van der Waals surface area contributed by atoms with Crippen molar-refractivity contribution in [3.05, 3.63) is 17.8 Å². The molecule has 18 heavy (non-hydrogen) atoms. The van der Waals surface area contributed by atoms with E-state index in [1.54, 1.807) is 11.9 Å². The van der Waals surface area contributed by atoms with Crippen LogP contribution in [0.1, 0.15) is 10.4 Å². The van der Waals surface area contributed by atoms with Gasteiger partial charge in [0.1, 0.15) is 0 Å². The topological polar surface area (TPSA) is 109 Å². The molecule has 1 aromatic rings. The maximum Gasteiger partial charge on any atom is 0.337 e. The van der Waals surface area contributed by atoms with Gasteiger partial charge in [-0.15, -0.1) is 0 Å². The van der Waals surface area contributed by atoms with Gasteiger partial charge in [-0.1, -0.05) is 0 Å². The zero-order valence-electron chi connectivity index (χ0n) is 10.3. The van der Waals surface area contributed by atoms with Crippen molar-refractivity contribution in [2.45, 2.75) is 6.10 Å². The van der Waals surface area contributed by atoms with E-state index in [1.165, 1.54) is 19.4 Å². The lowest BCUT2D eigenvalue weighted by Gasteiger charge is -2.23. The molecule has 4 N–H and O–H groups in total. The van der Waals surface area contributed by atoms with E-state index in [-0.39, 0.29) is 24.4 Å². The van der Waals surface area contributed by atoms with E-state index in [0.717, 1.165) is 0 Å². The Balaban J connectivity index is 2.89. The molecule has 0 amide bonds. The highest BCUT2D eigenvalue weighted by atomic mass is 16.5. The minimum absolute atomic E-state index is 0.00641. The average molecular weight is 255 g/mol. The van der Waals surface area contributed by atoms with Crippen LogP contribution in [0.15, 0.2) is 12.3 Å². The van der Waals surface area contributed by atoms with Crippen molar-refractivity contribution in [2.75, 3.05) is 37.9 Å². The van der Waals surface area contributed by atoms with Crippen molar-refractivity contribution in [1.82, 2.24) is 4.98 Å². The third kappa shape index (κ3) is 3.31. The number of carbonyl (C=O) groups is 1. The van der Waals surface area contributed by atoms with Crippen LogP contribution in [0.2, 0.25) is 0 Å². The number of rotatable bonds is 6. The van der Waals surface area contributed by atoms with Crippen LogP contribution in [0.3, 0.4) is 0 Å². The number of nitrogens with two attached hydrogens (primary N) is 1. The normalized spacial score (nSPS) is 12.2. The van der Waals surface area contributed by atoms with Crippen LogP contribution >= 0.6 is 0 Å². The number of hydrogen-bond acceptors (Lipinski definition) is 6. The number of methoxy groups -OCH3 is 1. The van der Waals surface area contributed by atoms with Crippen LogP contribution in [0.25, 0.3) is 0 Å². The van der Waals surface area contributed by atoms with Gasteiger partial charge in [0.25, 0.3) is 0 Å². The van der Waals surface area contributed by atoms with Crippen molar-refractivity contribution in [1.29, 1.82) is 0 Å². The summed E-state index contributed by atoms with van der Waals surface area (Å²) >= 11 is 0. The Morgan fingerprint density at radius 3 is 2.89 bits per heavy atom. The first-order valence-electron chi connectivity index (χ1n) is 5.33. The Morgan fingerprint density at radius 2 is 2.33 bits per heavy atom. The van der Waals surface area contributed by atoms with Crippen LogP contribution in [-0.4, -0.2) is 54.6 Å². The van der Waals surface area contributed by atoms with Crippen LogP contribution in [-0.2, 0) is 4.74 Å². The molecule has 0 aliphatic carbocycles. The maximum absolute atomic E-state index is 10.9. The summed E-state index contributed by atoms with van der Waals surface area (Å²) in [7, 11) is 3.16. The number of anilines is 2. The van der Waals surface area contributed by atoms with Crippen molar-refractivity contribution in [3.63, 3.8) is 0 Å². The molecule has 1 rings (SSSR count). The fourth-order valence-corrected chi connectivity index (χ4v) is 1.60. The van der Waals surface area contributed by atoms with Crippen molar-refractivity contribution in [2.24, 2.45) is 0 Å². The first-order chi connectivity index (χ1) is 8.47. The lowest BCUT2D eigenvalue weighted by atomic mass is 10.2. The molecule has 0 aliphatic heterocycles. The number of hydrogen-bond donors (Lipinski definition) is 3. The molecule has 1 heterocycles. The van der Waals surface area contributed by atoms with Crippen molar-refractivity contribution < 1.29 is 19.7 Å². The predicted molar refractivity (Wildman–Crippen MR) is 66.8 cm³/mol. The average Bonchev–Trinajstić information content (AvgIpc) is 2.28. The number of aliphatic hydroxyl groups is 1. The van der Waals surface area contributed by atoms with Gasteiger partial charge in [0.15, 0.2) is 5.82 Å². The van der Waals surface area contributed by atoms with Crippen LogP contribution in [0.5, 0.6) is 0 Å². The maximum atomic E-state index is 10.9. The molecule has 1 aromatic heterocycles. The van der Waals surface area contributed by atoms with E-state index in [4.69, 9.17) is 15.6 Å². The minimum Gasteiger partial charge on any atom is -0.478 e. The molecule has 0 radical (unpaired) electrons. The summed E-state index contributed by atoms with van der Waals surface area (Å²) in [4.78, 5) is 16.5. The van der Waals surface area contributed by atoms with E-state index >= 15 is 0 Å². The number of aromatic carboxylic acids is 1. The fourth-order valence-electron chi connectivity index (χ4n) is 1.60. The molecule has 0 saturated heterocycles. The van der Waals surface area contributed by atoms with E-state index in [0.29, 0.717) is 5.82 Å². The van der Waals surface area contributed by atoms with Gasteiger partial charge in [0.05, 0.1) is 24.0 Å². The number of aromatic nitrogens is 1. The van der Waals surface area contributed by atoms with Crippen LogP contribution < -0.4 is 10.6 Å². The molecule has 7 heteroatoms. The number of likely N-dealkylation sites (N-methyl/N-ethyl adjacent to an activating group) is 1. The van der Waals surface area contributed by atoms with Gasteiger partial charge in [-0.25, -0.2) is 9.78 Å². The monoisotopic (exact) mass is 255 g/mol. The molecule has 0 fully saturated rings. The summed E-state index contributed by atoms with van der Waals surface area (Å²) < 4.78 is 4.81. The number of ether oxygens (including phenoxy) is 1. The van der Waals surface area contributed by atoms with Gasteiger partial charge in [-0.05, 0) is 6.07 Å². The van der Waals surface area contributed by atoms with Crippen LogP contribution in [0.4, 0.5) is 11.5 Å². The number of aliphatic hydroxyl groups excluding tert-OH is 1. The number of carboxylic acids is 1. The molecule has 100 valence electrons. The highest BCUT2D eigenvalue weighted by molar-refractivity contribution is 5.96. The molecular formula is C11H17N3O4. The van der Waals surface area contributed by atoms with Gasteiger partial charge >= 0.3 is 5.97 Å². The SMILES string of the molecule is COCC(O)CN(C)c1nccc(C(=O)O)c1N. The summed E-state index contributed by atoms with van der Waals surface area (Å²) in [5.41, 5.74) is 5.81. The van der Waals surface area contributed by atoms with Gasteiger partial charge in [-0.2, -0.15) is 0 Å². The molecule has 0 aromatic carbocycles. The summed E-state index contributed by atoms with van der Waals surface area (Å²) in [5, 5.41) is 18.5. The Morgan fingerprint density at radius 1 is 1.67 bits per heavy atom. The predicted octanol–water partition coefficient (Wildman–Crippen LogP) is -0.194. The third-order valence-electron chi connectivity index (χ3n) is 2.40. The second-order valence-corrected chi connectivity index (χ2v) is 3.89. The smallest absolute Gasteiger partial charge is 0.337 e. The summed E-state index contributed by atoms with van der Waals surface area (Å²) in [5.74, 6) is -0.785. The van der Waals surface area contributed by atoms with Crippen molar-refractivity contribution >= 4 is 17.5 Å². The highest BCUT2D eigenvalue weighted by Crippen LogP contribution is 2.23. The summed E-state index contributed by atoms with van der Waals surface area (Å²) in [6.07, 6.45) is 0.670. The summed E-state index contributed by atoms with van der Waals surface area (Å²) in [6, 6.07) is 1.33. The van der Waals surface area contributed by atoms with Crippen molar-refractivity contribution in [3.8, 4) is 0 Å². The largest absolute Gasteiger partial charge is 0.478 e. The molecule has 0 aliphatic rings. The number of nitrogen functional groups attached to an aromatic ring is 1. The Kier molecular flexibility index (Phi) is 4.87. The van der Waals surface area contributed by atoms with Gasteiger partial charge in [0, 0.05) is 26.9 Å².